The molecule has 8 heteroatoms. The average Bonchev–Trinajstić information content (AvgIpc) is 2.45. The molecular weight excluding hydrogens is 360 g/mol. The SMILES string of the molecule is CCOC1CC(N)C1NS(=O)(=O)c1ccc(OC)c(Br)c1. The van der Waals surface area contributed by atoms with Gasteiger partial charge in [0, 0.05) is 12.6 Å². The summed E-state index contributed by atoms with van der Waals surface area (Å²) in [6, 6.07) is 3.97. The normalized spacial score (nSPS) is 25.4. The van der Waals surface area contributed by atoms with Gasteiger partial charge in [-0.05, 0) is 47.5 Å². The van der Waals surface area contributed by atoms with Crippen molar-refractivity contribution in [3.05, 3.63) is 22.7 Å². The summed E-state index contributed by atoms with van der Waals surface area (Å²) >= 11 is 3.28. The molecule has 2 rings (SSSR count). The highest BCUT2D eigenvalue weighted by Crippen LogP contribution is 2.29. The first-order chi connectivity index (χ1) is 9.89. The molecule has 1 aliphatic rings. The van der Waals surface area contributed by atoms with Crippen LogP contribution in [0, 0.1) is 0 Å². The summed E-state index contributed by atoms with van der Waals surface area (Å²) in [6.45, 7) is 2.40. The Morgan fingerprint density at radius 3 is 2.71 bits per heavy atom. The Morgan fingerprint density at radius 1 is 1.48 bits per heavy atom. The summed E-state index contributed by atoms with van der Waals surface area (Å²) < 4.78 is 38.5. The van der Waals surface area contributed by atoms with Gasteiger partial charge in [0.1, 0.15) is 5.75 Å². The first kappa shape index (κ1) is 16.7. The van der Waals surface area contributed by atoms with E-state index in [4.69, 9.17) is 15.2 Å². The van der Waals surface area contributed by atoms with E-state index in [2.05, 4.69) is 20.7 Å². The van der Waals surface area contributed by atoms with E-state index in [0.29, 0.717) is 23.2 Å². The second-order valence-electron chi connectivity index (χ2n) is 4.84. The van der Waals surface area contributed by atoms with Gasteiger partial charge in [0.2, 0.25) is 10.0 Å². The number of hydrogen-bond acceptors (Lipinski definition) is 5. The van der Waals surface area contributed by atoms with Crippen LogP contribution in [0.2, 0.25) is 0 Å². The Bertz CT molecular complexity index is 606. The van der Waals surface area contributed by atoms with Gasteiger partial charge in [-0.2, -0.15) is 0 Å². The van der Waals surface area contributed by atoms with E-state index in [1.165, 1.54) is 19.2 Å². The van der Waals surface area contributed by atoms with E-state index in [0.717, 1.165) is 0 Å². The number of nitrogens with two attached hydrogens (primary N) is 1. The standard InChI is InChI=1S/C13H19BrN2O4S/c1-3-20-12-7-10(15)13(12)16-21(17,18)8-4-5-11(19-2)9(14)6-8/h4-6,10,12-13,16H,3,7,15H2,1-2H3. The minimum Gasteiger partial charge on any atom is -0.496 e. The second kappa shape index (κ2) is 6.62. The van der Waals surface area contributed by atoms with Crippen LogP contribution in [0.25, 0.3) is 0 Å². The molecule has 0 bridgehead atoms. The fourth-order valence-electron chi connectivity index (χ4n) is 2.25. The fraction of sp³-hybridized carbons (Fsp3) is 0.538. The van der Waals surface area contributed by atoms with Crippen molar-refractivity contribution in [2.75, 3.05) is 13.7 Å². The molecule has 3 atom stereocenters. The fourth-order valence-corrected chi connectivity index (χ4v) is 4.29. The van der Waals surface area contributed by atoms with E-state index in [1.54, 1.807) is 6.07 Å². The van der Waals surface area contributed by atoms with Gasteiger partial charge < -0.3 is 15.2 Å². The first-order valence-electron chi connectivity index (χ1n) is 6.62. The van der Waals surface area contributed by atoms with Crippen LogP contribution in [0.1, 0.15) is 13.3 Å². The van der Waals surface area contributed by atoms with Gasteiger partial charge in [-0.25, -0.2) is 13.1 Å². The molecule has 118 valence electrons. The summed E-state index contributed by atoms with van der Waals surface area (Å²) in [5.74, 6) is 0.571. The molecule has 0 radical (unpaired) electrons. The van der Waals surface area contributed by atoms with Crippen molar-refractivity contribution in [1.29, 1.82) is 0 Å². The van der Waals surface area contributed by atoms with Crippen molar-refractivity contribution >= 4 is 26.0 Å². The Labute approximate surface area is 133 Å². The molecule has 21 heavy (non-hydrogen) atoms. The average molecular weight is 379 g/mol. The lowest BCUT2D eigenvalue weighted by molar-refractivity contribution is -0.0248. The third-order valence-electron chi connectivity index (χ3n) is 3.47. The molecule has 6 nitrogen and oxygen atoms in total. The molecule has 0 heterocycles. The molecule has 0 aromatic heterocycles. The molecule has 1 fully saturated rings. The Morgan fingerprint density at radius 2 is 2.19 bits per heavy atom. The van der Waals surface area contributed by atoms with Gasteiger partial charge in [0.15, 0.2) is 0 Å². The van der Waals surface area contributed by atoms with Crippen molar-refractivity contribution in [2.24, 2.45) is 5.73 Å². The van der Waals surface area contributed by atoms with Crippen molar-refractivity contribution in [3.63, 3.8) is 0 Å². The zero-order chi connectivity index (χ0) is 15.6. The quantitative estimate of drug-likeness (QED) is 0.776. The van der Waals surface area contributed by atoms with Gasteiger partial charge in [0.05, 0.1) is 28.6 Å². The maximum absolute atomic E-state index is 12.4. The molecule has 1 saturated carbocycles. The van der Waals surface area contributed by atoms with Gasteiger partial charge in [0.25, 0.3) is 0 Å². The van der Waals surface area contributed by atoms with E-state index in [9.17, 15) is 8.42 Å². The number of benzene rings is 1. The third kappa shape index (κ3) is 3.57. The van der Waals surface area contributed by atoms with E-state index in [-0.39, 0.29) is 17.0 Å². The molecule has 1 aliphatic carbocycles. The van der Waals surface area contributed by atoms with Crippen LogP contribution in [0.15, 0.2) is 27.6 Å². The Balaban J connectivity index is 2.16. The molecule has 1 aromatic carbocycles. The predicted octanol–water partition coefficient (Wildman–Crippen LogP) is 1.24. The lowest BCUT2D eigenvalue weighted by Gasteiger charge is -2.42. The monoisotopic (exact) mass is 378 g/mol. The highest BCUT2D eigenvalue weighted by atomic mass is 79.9. The topological polar surface area (TPSA) is 90.6 Å². The van der Waals surface area contributed by atoms with Gasteiger partial charge in [-0.15, -0.1) is 0 Å². The predicted molar refractivity (Wildman–Crippen MR) is 82.8 cm³/mol. The van der Waals surface area contributed by atoms with Crippen LogP contribution in [0.3, 0.4) is 0 Å². The molecule has 3 unspecified atom stereocenters. The first-order valence-corrected chi connectivity index (χ1v) is 8.89. The highest BCUT2D eigenvalue weighted by Gasteiger charge is 2.42. The minimum absolute atomic E-state index is 0.157. The van der Waals surface area contributed by atoms with Crippen molar-refractivity contribution in [3.8, 4) is 5.75 Å². The maximum Gasteiger partial charge on any atom is 0.241 e. The van der Waals surface area contributed by atoms with Crippen LogP contribution >= 0.6 is 15.9 Å². The zero-order valence-electron chi connectivity index (χ0n) is 11.9. The smallest absolute Gasteiger partial charge is 0.241 e. The lowest BCUT2D eigenvalue weighted by Crippen LogP contribution is -2.64. The molecule has 0 saturated heterocycles. The van der Waals surface area contributed by atoms with Crippen molar-refractivity contribution < 1.29 is 17.9 Å². The number of ether oxygens (including phenoxy) is 2. The number of hydrogen-bond donors (Lipinski definition) is 2. The van der Waals surface area contributed by atoms with E-state index >= 15 is 0 Å². The molecule has 3 N–H and O–H groups in total. The summed E-state index contributed by atoms with van der Waals surface area (Å²) in [5.41, 5.74) is 5.87. The lowest BCUT2D eigenvalue weighted by atomic mass is 9.84. The number of methoxy groups -OCH3 is 1. The van der Waals surface area contributed by atoms with Crippen LogP contribution in [0.5, 0.6) is 5.75 Å². The van der Waals surface area contributed by atoms with E-state index in [1.807, 2.05) is 6.92 Å². The van der Waals surface area contributed by atoms with Crippen LogP contribution in [-0.4, -0.2) is 40.3 Å². The van der Waals surface area contributed by atoms with Crippen LogP contribution < -0.4 is 15.2 Å². The molecule has 0 spiro atoms. The molecule has 0 amide bonds. The molecule has 1 aromatic rings. The van der Waals surface area contributed by atoms with E-state index < -0.39 is 16.1 Å². The third-order valence-corrected chi connectivity index (χ3v) is 5.55. The second-order valence-corrected chi connectivity index (χ2v) is 7.41. The van der Waals surface area contributed by atoms with Gasteiger partial charge in [-0.1, -0.05) is 0 Å². The summed E-state index contributed by atoms with van der Waals surface area (Å²) in [5, 5.41) is 0. The number of halogens is 1. The maximum atomic E-state index is 12.4. The summed E-state index contributed by atoms with van der Waals surface area (Å²) in [6.07, 6.45) is 0.495. The molecule has 0 aliphatic heterocycles. The largest absolute Gasteiger partial charge is 0.496 e. The number of sulfonamides is 1. The van der Waals surface area contributed by atoms with Gasteiger partial charge >= 0.3 is 0 Å². The van der Waals surface area contributed by atoms with Crippen molar-refractivity contribution in [2.45, 2.75) is 36.4 Å². The minimum atomic E-state index is -3.65. The summed E-state index contributed by atoms with van der Waals surface area (Å²) in [4.78, 5) is 0.157. The van der Waals surface area contributed by atoms with Crippen LogP contribution in [0.4, 0.5) is 0 Å². The van der Waals surface area contributed by atoms with Crippen LogP contribution in [-0.2, 0) is 14.8 Å². The van der Waals surface area contributed by atoms with Gasteiger partial charge in [-0.3, -0.25) is 0 Å². The summed E-state index contributed by atoms with van der Waals surface area (Å²) in [7, 11) is -2.13. The Hall–Kier alpha value is -0.670. The zero-order valence-corrected chi connectivity index (χ0v) is 14.3. The number of rotatable bonds is 6. The highest BCUT2D eigenvalue weighted by molar-refractivity contribution is 9.10. The molecular formula is C13H19BrN2O4S. The number of nitrogens with one attached hydrogen (secondary N) is 1. The Kier molecular flexibility index (Phi) is 5.26. The van der Waals surface area contributed by atoms with Crippen molar-refractivity contribution in [1.82, 2.24) is 4.72 Å².